The van der Waals surface area contributed by atoms with Crippen LogP contribution in [-0.2, 0) is 9.59 Å². The maximum atomic E-state index is 13.5. The van der Waals surface area contributed by atoms with Gasteiger partial charge < -0.3 is 16.0 Å². The summed E-state index contributed by atoms with van der Waals surface area (Å²) < 4.78 is 13.5. The molecule has 2 rings (SSSR count). The van der Waals surface area contributed by atoms with E-state index in [-0.39, 0.29) is 16.8 Å². The number of hydrogen-bond donors (Lipinski definition) is 2. The van der Waals surface area contributed by atoms with Crippen LogP contribution < -0.4 is 16.0 Å². The van der Waals surface area contributed by atoms with E-state index in [1.807, 2.05) is 6.92 Å². The first-order valence-electron chi connectivity index (χ1n) is 7.26. The quantitative estimate of drug-likeness (QED) is 0.866. The molecular formula is C15H19ClFN3O2. The summed E-state index contributed by atoms with van der Waals surface area (Å²) in [5, 5.41) is 2.67. The molecule has 3 N–H and O–H groups in total. The highest BCUT2D eigenvalue weighted by molar-refractivity contribution is 6.30. The van der Waals surface area contributed by atoms with Gasteiger partial charge in [0.05, 0.1) is 11.1 Å². The van der Waals surface area contributed by atoms with E-state index in [1.165, 1.54) is 17.0 Å². The SMILES string of the molecule is CCCC(N)C(=O)NC1CCN(c2ccc(Cl)c(F)c2)C1=O. The fourth-order valence-corrected chi connectivity index (χ4v) is 2.56. The minimum atomic E-state index is -0.617. The molecule has 0 saturated carbocycles. The Bertz CT molecular complexity index is 582. The number of hydrogen-bond acceptors (Lipinski definition) is 3. The summed E-state index contributed by atoms with van der Waals surface area (Å²) in [5.41, 5.74) is 6.16. The third-order valence-electron chi connectivity index (χ3n) is 3.67. The molecule has 1 aliphatic heterocycles. The monoisotopic (exact) mass is 327 g/mol. The summed E-state index contributed by atoms with van der Waals surface area (Å²) in [6.07, 6.45) is 1.83. The summed E-state index contributed by atoms with van der Waals surface area (Å²) in [7, 11) is 0. The van der Waals surface area contributed by atoms with Crippen LogP contribution in [-0.4, -0.2) is 30.4 Å². The first-order valence-corrected chi connectivity index (χ1v) is 7.64. The second-order valence-electron chi connectivity index (χ2n) is 5.33. The number of nitrogens with one attached hydrogen (secondary N) is 1. The number of rotatable bonds is 5. The highest BCUT2D eigenvalue weighted by Crippen LogP contribution is 2.25. The van der Waals surface area contributed by atoms with Crippen molar-refractivity contribution in [3.05, 3.63) is 29.0 Å². The lowest BCUT2D eigenvalue weighted by molar-refractivity contribution is -0.127. The Balaban J connectivity index is 2.03. The smallest absolute Gasteiger partial charge is 0.249 e. The molecule has 120 valence electrons. The molecule has 1 aromatic carbocycles. The van der Waals surface area contributed by atoms with Gasteiger partial charge in [-0.05, 0) is 31.0 Å². The van der Waals surface area contributed by atoms with Crippen LogP contribution in [0.4, 0.5) is 10.1 Å². The largest absolute Gasteiger partial charge is 0.343 e. The zero-order chi connectivity index (χ0) is 16.3. The number of nitrogens with two attached hydrogens (primary N) is 1. The molecule has 0 radical (unpaired) electrons. The maximum Gasteiger partial charge on any atom is 0.249 e. The lowest BCUT2D eigenvalue weighted by Gasteiger charge is -2.18. The zero-order valence-corrected chi connectivity index (χ0v) is 13.1. The molecule has 0 bridgehead atoms. The summed E-state index contributed by atoms with van der Waals surface area (Å²) >= 11 is 5.64. The Hall–Kier alpha value is -1.66. The molecule has 0 aromatic heterocycles. The van der Waals surface area contributed by atoms with Gasteiger partial charge in [-0.15, -0.1) is 0 Å². The van der Waals surface area contributed by atoms with Crippen molar-refractivity contribution in [3.8, 4) is 0 Å². The molecule has 7 heteroatoms. The van der Waals surface area contributed by atoms with Crippen molar-refractivity contribution in [1.82, 2.24) is 5.32 Å². The molecule has 1 aliphatic rings. The lowest BCUT2D eigenvalue weighted by Crippen LogP contribution is -2.48. The van der Waals surface area contributed by atoms with E-state index in [0.29, 0.717) is 25.1 Å². The normalized spacial score (nSPS) is 19.4. The van der Waals surface area contributed by atoms with Gasteiger partial charge in [0.15, 0.2) is 0 Å². The molecule has 1 fully saturated rings. The fraction of sp³-hybridized carbons (Fsp3) is 0.467. The molecule has 22 heavy (non-hydrogen) atoms. The third-order valence-corrected chi connectivity index (χ3v) is 3.98. The predicted octanol–water partition coefficient (Wildman–Crippen LogP) is 1.83. The number of anilines is 1. The number of nitrogens with zero attached hydrogens (tertiary/aromatic N) is 1. The maximum absolute atomic E-state index is 13.5. The Morgan fingerprint density at radius 3 is 2.95 bits per heavy atom. The van der Waals surface area contributed by atoms with E-state index in [4.69, 9.17) is 17.3 Å². The first-order chi connectivity index (χ1) is 10.4. The van der Waals surface area contributed by atoms with Crippen LogP contribution in [0, 0.1) is 5.82 Å². The molecule has 2 unspecified atom stereocenters. The van der Waals surface area contributed by atoms with Crippen molar-refractivity contribution < 1.29 is 14.0 Å². The second-order valence-corrected chi connectivity index (χ2v) is 5.74. The average Bonchev–Trinajstić information content (AvgIpc) is 2.83. The Labute approximate surface area is 133 Å². The number of benzene rings is 1. The number of halogens is 2. The van der Waals surface area contributed by atoms with Gasteiger partial charge in [-0.1, -0.05) is 24.9 Å². The molecule has 1 aromatic rings. The summed E-state index contributed by atoms with van der Waals surface area (Å²) in [5.74, 6) is -1.17. The van der Waals surface area contributed by atoms with Crippen LogP contribution in [0.25, 0.3) is 0 Å². The standard InChI is InChI=1S/C15H19ClFN3O2/c1-2-3-12(18)14(21)19-13-6-7-20(15(13)22)9-4-5-10(16)11(17)8-9/h4-5,8,12-13H,2-3,6-7,18H2,1H3,(H,19,21). The van der Waals surface area contributed by atoms with Gasteiger partial charge in [-0.3, -0.25) is 9.59 Å². The van der Waals surface area contributed by atoms with E-state index < -0.39 is 17.9 Å². The lowest BCUT2D eigenvalue weighted by atomic mass is 10.1. The van der Waals surface area contributed by atoms with Gasteiger partial charge in [0.25, 0.3) is 0 Å². The molecule has 0 aliphatic carbocycles. The number of carbonyl (C=O) groups is 2. The van der Waals surface area contributed by atoms with Crippen molar-refractivity contribution in [1.29, 1.82) is 0 Å². The minimum Gasteiger partial charge on any atom is -0.343 e. The minimum absolute atomic E-state index is 0.00536. The average molecular weight is 328 g/mol. The van der Waals surface area contributed by atoms with Gasteiger partial charge in [-0.2, -0.15) is 0 Å². The van der Waals surface area contributed by atoms with Crippen LogP contribution in [0.1, 0.15) is 26.2 Å². The van der Waals surface area contributed by atoms with Gasteiger partial charge in [0.2, 0.25) is 11.8 Å². The van der Waals surface area contributed by atoms with Crippen LogP contribution in [0.2, 0.25) is 5.02 Å². The molecule has 5 nitrogen and oxygen atoms in total. The molecule has 2 atom stereocenters. The predicted molar refractivity (Wildman–Crippen MR) is 83.2 cm³/mol. The van der Waals surface area contributed by atoms with Crippen molar-refractivity contribution in [2.24, 2.45) is 5.73 Å². The van der Waals surface area contributed by atoms with Crippen LogP contribution in [0.15, 0.2) is 18.2 Å². The highest BCUT2D eigenvalue weighted by atomic mass is 35.5. The van der Waals surface area contributed by atoms with E-state index in [2.05, 4.69) is 5.32 Å². The van der Waals surface area contributed by atoms with Crippen LogP contribution in [0.3, 0.4) is 0 Å². The molecule has 2 amide bonds. The zero-order valence-electron chi connectivity index (χ0n) is 12.3. The van der Waals surface area contributed by atoms with Crippen molar-refractivity contribution in [2.45, 2.75) is 38.3 Å². The molecule has 1 heterocycles. The topological polar surface area (TPSA) is 75.4 Å². The van der Waals surface area contributed by atoms with Gasteiger partial charge in [0.1, 0.15) is 11.9 Å². The fourth-order valence-electron chi connectivity index (χ4n) is 2.44. The Kier molecular flexibility index (Phi) is 5.37. The number of carbonyl (C=O) groups excluding carboxylic acids is 2. The third kappa shape index (κ3) is 3.56. The van der Waals surface area contributed by atoms with E-state index >= 15 is 0 Å². The summed E-state index contributed by atoms with van der Waals surface area (Å²) in [4.78, 5) is 25.7. The van der Waals surface area contributed by atoms with Crippen LogP contribution >= 0.6 is 11.6 Å². The second kappa shape index (κ2) is 7.07. The number of amides is 2. The van der Waals surface area contributed by atoms with Crippen molar-refractivity contribution >= 4 is 29.1 Å². The summed E-state index contributed by atoms with van der Waals surface area (Å²) in [6.45, 7) is 2.35. The highest BCUT2D eigenvalue weighted by Gasteiger charge is 2.34. The molecule has 1 saturated heterocycles. The van der Waals surface area contributed by atoms with Crippen LogP contribution in [0.5, 0.6) is 0 Å². The Morgan fingerprint density at radius 2 is 2.32 bits per heavy atom. The van der Waals surface area contributed by atoms with E-state index in [1.54, 1.807) is 6.07 Å². The van der Waals surface area contributed by atoms with Crippen molar-refractivity contribution in [2.75, 3.05) is 11.4 Å². The van der Waals surface area contributed by atoms with E-state index in [9.17, 15) is 14.0 Å². The van der Waals surface area contributed by atoms with Gasteiger partial charge in [-0.25, -0.2) is 4.39 Å². The van der Waals surface area contributed by atoms with Gasteiger partial charge >= 0.3 is 0 Å². The first kappa shape index (κ1) is 16.7. The Morgan fingerprint density at radius 1 is 1.59 bits per heavy atom. The van der Waals surface area contributed by atoms with Gasteiger partial charge in [0, 0.05) is 12.2 Å². The molecular weight excluding hydrogens is 309 g/mol. The molecule has 0 spiro atoms. The van der Waals surface area contributed by atoms with Crippen molar-refractivity contribution in [3.63, 3.8) is 0 Å². The van der Waals surface area contributed by atoms with E-state index in [0.717, 1.165) is 6.42 Å². The summed E-state index contributed by atoms with van der Waals surface area (Å²) in [6, 6.07) is 2.97.